The normalized spacial score (nSPS) is 20.2. The van der Waals surface area contributed by atoms with Gasteiger partial charge in [-0.2, -0.15) is 0 Å². The zero-order chi connectivity index (χ0) is 32.0. The molecule has 0 atom stereocenters. The number of benzene rings is 6. The smallest absolute Gasteiger partial charge is 0.00564 e. The molecule has 0 nitrogen and oxygen atoms in total. The Morgan fingerprint density at radius 2 is 0.688 bits per heavy atom. The summed E-state index contributed by atoms with van der Waals surface area (Å²) in [4.78, 5) is 0. The Morgan fingerprint density at radius 3 is 1.00 bits per heavy atom. The van der Waals surface area contributed by atoms with Gasteiger partial charge in [-0.1, -0.05) is 171 Å². The molecule has 2 saturated carbocycles. The summed E-state index contributed by atoms with van der Waals surface area (Å²) >= 11 is 0. The molecule has 0 radical (unpaired) electrons. The summed E-state index contributed by atoms with van der Waals surface area (Å²) in [6.45, 7) is 0. The summed E-state index contributed by atoms with van der Waals surface area (Å²) in [5.74, 6) is 0. The van der Waals surface area contributed by atoms with E-state index in [0.29, 0.717) is 0 Å². The largest absolute Gasteiger partial charge is 0.0622 e. The lowest BCUT2D eigenvalue weighted by Gasteiger charge is -2.48. The quantitative estimate of drug-likeness (QED) is 0.163. The second kappa shape index (κ2) is 11.8. The highest BCUT2D eigenvalue weighted by molar-refractivity contribution is 5.94. The van der Waals surface area contributed by atoms with E-state index in [1.165, 1.54) is 94.2 Å². The first kappa shape index (κ1) is 29.0. The molecule has 0 aliphatic heterocycles. The van der Waals surface area contributed by atoms with Crippen molar-refractivity contribution < 1.29 is 0 Å². The Morgan fingerprint density at radius 1 is 0.375 bits per heavy atom. The summed E-state index contributed by atoms with van der Waals surface area (Å²) in [5, 5.41) is 0. The second-order valence-electron chi connectivity index (χ2n) is 14.1. The standard InChI is InChI=1S/C48H40/c1-5-15-37(16-6-1)43(38-17-7-2-8-18-38)31-35-23-25-41-42-26-24-36(32-44(39-19-9-3-10-20-39)40-21-11-4-12-22-40)34-46(42)48-29-13-27-47(48,28-14-30-48)45(41)33-35/h1-12,15-26,31-34H,13-14,27-30H2. The fraction of sp³-hybridized carbons (Fsp3) is 0.167. The third-order valence-electron chi connectivity index (χ3n) is 11.7. The molecule has 0 heteroatoms. The van der Waals surface area contributed by atoms with Crippen molar-refractivity contribution in [2.75, 3.05) is 0 Å². The van der Waals surface area contributed by atoms with Crippen LogP contribution in [0.1, 0.15) is 83.0 Å². The van der Waals surface area contributed by atoms with Crippen LogP contribution in [0.3, 0.4) is 0 Å². The molecule has 232 valence electrons. The maximum Gasteiger partial charge on any atom is 0.00564 e. The number of rotatable bonds is 6. The van der Waals surface area contributed by atoms with Gasteiger partial charge >= 0.3 is 0 Å². The maximum atomic E-state index is 2.58. The Balaban J connectivity index is 1.20. The van der Waals surface area contributed by atoms with Gasteiger partial charge in [-0.05, 0) is 105 Å². The van der Waals surface area contributed by atoms with Crippen molar-refractivity contribution in [2.45, 2.75) is 49.4 Å². The van der Waals surface area contributed by atoms with Crippen LogP contribution in [-0.2, 0) is 10.8 Å². The van der Waals surface area contributed by atoms with Crippen molar-refractivity contribution >= 4 is 23.3 Å². The molecule has 0 spiro atoms. The predicted octanol–water partition coefficient (Wildman–Crippen LogP) is 12.4. The number of fused-ring (bicyclic) bond motifs is 3. The van der Waals surface area contributed by atoms with Crippen LogP contribution in [0.5, 0.6) is 0 Å². The highest BCUT2D eigenvalue weighted by Gasteiger charge is 2.62. The molecular formula is C48H40. The molecule has 3 aliphatic rings. The SMILES string of the molecule is C(=C(c1ccccc1)c1ccccc1)c1ccc2c(c1)C13CCCC1(CCC3)c1cc(C=C(c3ccccc3)c3ccccc3)ccc1-2. The molecule has 6 aromatic rings. The van der Waals surface area contributed by atoms with Crippen molar-refractivity contribution in [3.63, 3.8) is 0 Å². The first-order valence-electron chi connectivity index (χ1n) is 17.7. The Hall–Kier alpha value is -5.20. The van der Waals surface area contributed by atoms with Gasteiger partial charge in [0, 0.05) is 10.8 Å². The van der Waals surface area contributed by atoms with Crippen LogP contribution in [0, 0.1) is 0 Å². The van der Waals surface area contributed by atoms with Crippen LogP contribution in [0.25, 0.3) is 34.4 Å². The van der Waals surface area contributed by atoms with Crippen molar-refractivity contribution in [1.82, 2.24) is 0 Å². The first-order chi connectivity index (χ1) is 23.7. The van der Waals surface area contributed by atoms with Crippen molar-refractivity contribution in [1.29, 1.82) is 0 Å². The van der Waals surface area contributed by atoms with Crippen LogP contribution in [-0.4, -0.2) is 0 Å². The summed E-state index contributed by atoms with van der Waals surface area (Å²) in [7, 11) is 0. The van der Waals surface area contributed by atoms with Gasteiger partial charge in [0.2, 0.25) is 0 Å². The molecule has 0 bridgehead atoms. The van der Waals surface area contributed by atoms with Gasteiger partial charge in [0.1, 0.15) is 0 Å². The summed E-state index contributed by atoms with van der Waals surface area (Å²) < 4.78 is 0. The highest BCUT2D eigenvalue weighted by atomic mass is 14.6. The van der Waals surface area contributed by atoms with Crippen LogP contribution >= 0.6 is 0 Å². The zero-order valence-corrected chi connectivity index (χ0v) is 27.4. The van der Waals surface area contributed by atoms with Gasteiger partial charge in [-0.3, -0.25) is 0 Å². The number of hydrogen-bond acceptors (Lipinski definition) is 0. The molecule has 0 heterocycles. The highest BCUT2D eigenvalue weighted by Crippen LogP contribution is 2.69. The maximum absolute atomic E-state index is 2.58. The van der Waals surface area contributed by atoms with Gasteiger partial charge in [0.25, 0.3) is 0 Å². The predicted molar refractivity (Wildman–Crippen MR) is 203 cm³/mol. The van der Waals surface area contributed by atoms with E-state index >= 15 is 0 Å². The summed E-state index contributed by atoms with van der Waals surface area (Å²) in [5.41, 5.74) is 16.7. The van der Waals surface area contributed by atoms with E-state index < -0.39 is 0 Å². The van der Waals surface area contributed by atoms with E-state index in [-0.39, 0.29) is 10.8 Å². The van der Waals surface area contributed by atoms with Crippen LogP contribution in [0.15, 0.2) is 158 Å². The Bertz CT molecular complexity index is 1900. The van der Waals surface area contributed by atoms with E-state index in [1.807, 2.05) is 0 Å². The molecule has 9 rings (SSSR count). The first-order valence-corrected chi connectivity index (χ1v) is 17.7. The molecule has 0 aromatic heterocycles. The lowest BCUT2D eigenvalue weighted by atomic mass is 9.55. The van der Waals surface area contributed by atoms with Crippen LogP contribution in [0.2, 0.25) is 0 Å². The Labute approximate surface area is 285 Å². The summed E-state index contributed by atoms with van der Waals surface area (Å²) in [6, 6.07) is 58.2. The third kappa shape index (κ3) is 4.66. The van der Waals surface area contributed by atoms with Crippen molar-refractivity contribution in [3.05, 3.63) is 202 Å². The topological polar surface area (TPSA) is 0 Å². The van der Waals surface area contributed by atoms with E-state index in [0.717, 1.165) is 0 Å². The molecule has 3 aliphatic carbocycles. The average molecular weight is 617 g/mol. The molecule has 0 amide bonds. The van der Waals surface area contributed by atoms with Crippen LogP contribution < -0.4 is 0 Å². The minimum absolute atomic E-state index is 0.211. The lowest BCUT2D eigenvalue weighted by molar-refractivity contribution is 0.299. The molecular weight excluding hydrogens is 577 g/mol. The van der Waals surface area contributed by atoms with E-state index in [9.17, 15) is 0 Å². The molecule has 0 saturated heterocycles. The average Bonchev–Trinajstić information content (AvgIpc) is 3.73. The van der Waals surface area contributed by atoms with Gasteiger partial charge in [-0.25, -0.2) is 0 Å². The minimum atomic E-state index is 0.211. The van der Waals surface area contributed by atoms with Crippen molar-refractivity contribution in [2.24, 2.45) is 0 Å². The molecule has 0 unspecified atom stereocenters. The van der Waals surface area contributed by atoms with E-state index in [4.69, 9.17) is 0 Å². The van der Waals surface area contributed by atoms with Gasteiger partial charge in [0.05, 0.1) is 0 Å². The fourth-order valence-electron chi connectivity index (χ4n) is 9.68. The van der Waals surface area contributed by atoms with Crippen LogP contribution in [0.4, 0.5) is 0 Å². The lowest BCUT2D eigenvalue weighted by Crippen LogP contribution is -2.43. The molecule has 48 heavy (non-hydrogen) atoms. The fourth-order valence-corrected chi connectivity index (χ4v) is 9.68. The zero-order valence-electron chi connectivity index (χ0n) is 27.4. The molecule has 6 aromatic carbocycles. The van der Waals surface area contributed by atoms with E-state index in [2.05, 4.69) is 170 Å². The molecule has 2 fully saturated rings. The number of hydrogen-bond donors (Lipinski definition) is 0. The van der Waals surface area contributed by atoms with E-state index in [1.54, 1.807) is 11.1 Å². The monoisotopic (exact) mass is 616 g/mol. The van der Waals surface area contributed by atoms with Gasteiger partial charge in [0.15, 0.2) is 0 Å². The summed E-state index contributed by atoms with van der Waals surface area (Å²) in [6.07, 6.45) is 12.6. The second-order valence-corrected chi connectivity index (χ2v) is 14.1. The third-order valence-corrected chi connectivity index (χ3v) is 11.7. The van der Waals surface area contributed by atoms with Crippen molar-refractivity contribution in [3.8, 4) is 11.1 Å². The Kier molecular flexibility index (Phi) is 7.12. The van der Waals surface area contributed by atoms with Gasteiger partial charge < -0.3 is 0 Å². The molecule has 0 N–H and O–H groups in total. The van der Waals surface area contributed by atoms with Gasteiger partial charge in [-0.15, -0.1) is 0 Å². The minimum Gasteiger partial charge on any atom is -0.0622 e.